The summed E-state index contributed by atoms with van der Waals surface area (Å²) in [7, 11) is 1.92. The molecular weight excluding hydrogens is 150 g/mol. The molecule has 0 radical (unpaired) electrons. The minimum absolute atomic E-state index is 0.301. The van der Waals surface area contributed by atoms with Crippen LogP contribution in [0.4, 0.5) is 0 Å². The standard InChI is InChI=1S/C8H19NO.C2H6/c1-4-7(2)8(6-10)5-9-3;1-2/h7-10H,4-6H2,1-3H3;1-2H3/t7-,8+;/m1./s1. The Kier molecular flexibility index (Phi) is 13.1. The minimum atomic E-state index is 0.301. The second-order valence-corrected chi connectivity index (χ2v) is 2.89. The van der Waals surface area contributed by atoms with Gasteiger partial charge in [0.2, 0.25) is 0 Å². The highest BCUT2D eigenvalue weighted by atomic mass is 16.3. The summed E-state index contributed by atoms with van der Waals surface area (Å²) < 4.78 is 0. The van der Waals surface area contributed by atoms with E-state index in [9.17, 15) is 0 Å². The number of nitrogens with one attached hydrogen (secondary N) is 1. The van der Waals surface area contributed by atoms with E-state index in [0.717, 1.165) is 13.0 Å². The van der Waals surface area contributed by atoms with E-state index in [1.807, 2.05) is 20.9 Å². The molecule has 0 spiro atoms. The topological polar surface area (TPSA) is 32.3 Å². The molecule has 0 aliphatic heterocycles. The van der Waals surface area contributed by atoms with Gasteiger partial charge in [-0.05, 0) is 18.9 Å². The molecule has 0 aliphatic carbocycles. The van der Waals surface area contributed by atoms with Gasteiger partial charge in [-0.15, -0.1) is 0 Å². The van der Waals surface area contributed by atoms with E-state index in [1.165, 1.54) is 0 Å². The lowest BCUT2D eigenvalue weighted by Crippen LogP contribution is -2.27. The Morgan fingerprint density at radius 3 is 2.08 bits per heavy atom. The average molecular weight is 175 g/mol. The lowest BCUT2D eigenvalue weighted by Gasteiger charge is -2.19. The molecule has 0 aromatic heterocycles. The van der Waals surface area contributed by atoms with Crippen LogP contribution in [0.3, 0.4) is 0 Å². The van der Waals surface area contributed by atoms with Crippen molar-refractivity contribution in [2.24, 2.45) is 11.8 Å². The smallest absolute Gasteiger partial charge is 0.0473 e. The summed E-state index contributed by atoms with van der Waals surface area (Å²) in [5.41, 5.74) is 0. The summed E-state index contributed by atoms with van der Waals surface area (Å²) in [4.78, 5) is 0. The lowest BCUT2D eigenvalue weighted by atomic mass is 9.93. The summed E-state index contributed by atoms with van der Waals surface area (Å²) >= 11 is 0. The third-order valence-electron chi connectivity index (χ3n) is 2.15. The highest BCUT2D eigenvalue weighted by molar-refractivity contribution is 4.65. The molecule has 0 aromatic rings. The molecule has 2 atom stereocenters. The summed E-state index contributed by atoms with van der Waals surface area (Å²) in [5.74, 6) is 1.05. The number of aliphatic hydroxyl groups excluding tert-OH is 1. The molecule has 0 fully saturated rings. The van der Waals surface area contributed by atoms with Gasteiger partial charge in [0.25, 0.3) is 0 Å². The van der Waals surface area contributed by atoms with Gasteiger partial charge >= 0.3 is 0 Å². The van der Waals surface area contributed by atoms with Crippen LogP contribution in [0.2, 0.25) is 0 Å². The van der Waals surface area contributed by atoms with E-state index in [2.05, 4.69) is 19.2 Å². The van der Waals surface area contributed by atoms with Gasteiger partial charge in [0.05, 0.1) is 0 Å². The fourth-order valence-corrected chi connectivity index (χ4v) is 1.04. The van der Waals surface area contributed by atoms with Crippen LogP contribution in [0.15, 0.2) is 0 Å². The van der Waals surface area contributed by atoms with Gasteiger partial charge in [-0.1, -0.05) is 34.1 Å². The number of aliphatic hydroxyl groups is 1. The molecule has 12 heavy (non-hydrogen) atoms. The molecule has 0 aliphatic rings. The SMILES string of the molecule is CC.CC[C@@H](C)[C@H](CO)CNC. The van der Waals surface area contributed by atoms with Crippen molar-refractivity contribution in [2.75, 3.05) is 20.2 Å². The molecule has 0 aromatic carbocycles. The fourth-order valence-electron chi connectivity index (χ4n) is 1.04. The largest absolute Gasteiger partial charge is 0.396 e. The van der Waals surface area contributed by atoms with Gasteiger partial charge in [0.1, 0.15) is 0 Å². The molecule has 0 saturated heterocycles. The van der Waals surface area contributed by atoms with Crippen molar-refractivity contribution in [3.05, 3.63) is 0 Å². The molecule has 2 nitrogen and oxygen atoms in total. The first-order chi connectivity index (χ1) is 5.76. The summed E-state index contributed by atoms with van der Waals surface area (Å²) in [6.07, 6.45) is 1.15. The highest BCUT2D eigenvalue weighted by Gasteiger charge is 2.12. The molecule has 0 amide bonds. The quantitative estimate of drug-likeness (QED) is 0.669. The molecule has 76 valence electrons. The van der Waals surface area contributed by atoms with Gasteiger partial charge in [-0.25, -0.2) is 0 Å². The average Bonchev–Trinajstić information content (AvgIpc) is 2.16. The second kappa shape index (κ2) is 10.9. The van der Waals surface area contributed by atoms with E-state index < -0.39 is 0 Å². The fraction of sp³-hybridized carbons (Fsp3) is 1.00. The Balaban J connectivity index is 0. The van der Waals surface area contributed by atoms with Crippen molar-refractivity contribution in [3.63, 3.8) is 0 Å². The second-order valence-electron chi connectivity index (χ2n) is 2.89. The first-order valence-corrected chi connectivity index (χ1v) is 5.01. The van der Waals surface area contributed by atoms with Gasteiger partial charge in [-0.3, -0.25) is 0 Å². The Labute approximate surface area is 77.4 Å². The molecule has 2 N–H and O–H groups in total. The van der Waals surface area contributed by atoms with Crippen LogP contribution in [0.1, 0.15) is 34.1 Å². The van der Waals surface area contributed by atoms with Crippen molar-refractivity contribution in [2.45, 2.75) is 34.1 Å². The van der Waals surface area contributed by atoms with Gasteiger partial charge in [0, 0.05) is 13.2 Å². The highest BCUT2D eigenvalue weighted by Crippen LogP contribution is 2.12. The summed E-state index contributed by atoms with van der Waals surface area (Å²) in [6, 6.07) is 0. The third kappa shape index (κ3) is 6.62. The molecule has 0 saturated carbocycles. The van der Waals surface area contributed by atoms with Crippen LogP contribution in [0.25, 0.3) is 0 Å². The monoisotopic (exact) mass is 175 g/mol. The Hall–Kier alpha value is -0.0800. The van der Waals surface area contributed by atoms with Crippen LogP contribution in [-0.2, 0) is 0 Å². The maximum absolute atomic E-state index is 8.92. The molecule has 0 bridgehead atoms. The Bertz CT molecular complexity index is 76.2. The molecule has 0 rings (SSSR count). The number of rotatable bonds is 5. The lowest BCUT2D eigenvalue weighted by molar-refractivity contribution is 0.178. The van der Waals surface area contributed by atoms with Crippen LogP contribution in [-0.4, -0.2) is 25.3 Å². The molecule has 0 heterocycles. The van der Waals surface area contributed by atoms with Crippen molar-refractivity contribution in [3.8, 4) is 0 Å². The van der Waals surface area contributed by atoms with E-state index >= 15 is 0 Å². The predicted molar refractivity (Wildman–Crippen MR) is 55.3 cm³/mol. The molecular formula is C10H25NO. The van der Waals surface area contributed by atoms with Crippen LogP contribution in [0, 0.1) is 11.8 Å². The minimum Gasteiger partial charge on any atom is -0.396 e. The summed E-state index contributed by atoms with van der Waals surface area (Å²) in [6.45, 7) is 9.56. The Morgan fingerprint density at radius 2 is 1.83 bits per heavy atom. The third-order valence-corrected chi connectivity index (χ3v) is 2.15. The molecule has 2 heteroatoms. The summed E-state index contributed by atoms with van der Waals surface area (Å²) in [5, 5.41) is 12.0. The van der Waals surface area contributed by atoms with Crippen LogP contribution >= 0.6 is 0 Å². The van der Waals surface area contributed by atoms with Crippen LogP contribution < -0.4 is 5.32 Å². The number of hydrogen-bond donors (Lipinski definition) is 2. The number of hydrogen-bond acceptors (Lipinski definition) is 2. The Morgan fingerprint density at radius 1 is 1.33 bits per heavy atom. The normalized spacial score (nSPS) is 14.5. The van der Waals surface area contributed by atoms with E-state index in [-0.39, 0.29) is 0 Å². The van der Waals surface area contributed by atoms with E-state index in [1.54, 1.807) is 0 Å². The maximum Gasteiger partial charge on any atom is 0.0473 e. The van der Waals surface area contributed by atoms with Gasteiger partial charge in [-0.2, -0.15) is 0 Å². The van der Waals surface area contributed by atoms with E-state index in [0.29, 0.717) is 18.4 Å². The first kappa shape index (κ1) is 14.4. The zero-order chi connectivity index (χ0) is 9.98. The molecule has 0 unspecified atom stereocenters. The maximum atomic E-state index is 8.92. The van der Waals surface area contributed by atoms with Crippen molar-refractivity contribution in [1.29, 1.82) is 0 Å². The predicted octanol–water partition coefficient (Wildman–Crippen LogP) is 1.89. The van der Waals surface area contributed by atoms with Crippen molar-refractivity contribution < 1.29 is 5.11 Å². The van der Waals surface area contributed by atoms with Crippen molar-refractivity contribution in [1.82, 2.24) is 5.32 Å². The van der Waals surface area contributed by atoms with E-state index in [4.69, 9.17) is 5.11 Å². The zero-order valence-corrected chi connectivity index (χ0v) is 9.22. The first-order valence-electron chi connectivity index (χ1n) is 5.01. The van der Waals surface area contributed by atoms with Gasteiger partial charge < -0.3 is 10.4 Å². The van der Waals surface area contributed by atoms with Crippen LogP contribution in [0.5, 0.6) is 0 Å². The zero-order valence-electron chi connectivity index (χ0n) is 9.22. The van der Waals surface area contributed by atoms with Crippen molar-refractivity contribution >= 4 is 0 Å². The van der Waals surface area contributed by atoms with Gasteiger partial charge in [0.15, 0.2) is 0 Å².